The predicted molar refractivity (Wildman–Crippen MR) is 92.8 cm³/mol. The van der Waals surface area contributed by atoms with Crippen LogP contribution >= 0.6 is 34.7 Å². The zero-order valence-electron chi connectivity index (χ0n) is 12.2. The average molecular weight is 355 g/mol. The van der Waals surface area contributed by atoms with E-state index in [-0.39, 0.29) is 12.1 Å². The quantitative estimate of drug-likeness (QED) is 0.838. The van der Waals surface area contributed by atoms with Gasteiger partial charge in [0.2, 0.25) is 0 Å². The maximum atomic E-state index is 10.0. The first-order chi connectivity index (χ1) is 10.7. The number of halogens is 1. The van der Waals surface area contributed by atoms with Gasteiger partial charge in [-0.15, -0.1) is 11.3 Å². The molecular formula is C16H19ClN2OS2. The van der Waals surface area contributed by atoms with Crippen molar-refractivity contribution in [3.8, 4) is 0 Å². The number of thiazole rings is 1. The molecule has 1 aromatic heterocycles. The fourth-order valence-corrected chi connectivity index (χ4v) is 5.02. The van der Waals surface area contributed by atoms with E-state index in [0.717, 1.165) is 33.4 Å². The van der Waals surface area contributed by atoms with Crippen molar-refractivity contribution in [3.05, 3.63) is 40.4 Å². The zero-order chi connectivity index (χ0) is 15.4. The molecule has 1 aliphatic rings. The van der Waals surface area contributed by atoms with E-state index in [1.54, 1.807) is 23.1 Å². The number of aliphatic hydroxyl groups is 1. The van der Waals surface area contributed by atoms with Gasteiger partial charge in [-0.2, -0.15) is 0 Å². The first kappa shape index (κ1) is 16.3. The van der Waals surface area contributed by atoms with E-state index in [2.05, 4.69) is 22.4 Å². The molecule has 2 aromatic rings. The molecule has 2 unspecified atom stereocenters. The molecule has 3 nitrogen and oxygen atoms in total. The van der Waals surface area contributed by atoms with Gasteiger partial charge in [0.1, 0.15) is 5.15 Å². The average Bonchev–Trinajstić information content (AvgIpc) is 2.87. The second kappa shape index (κ2) is 7.79. The number of benzene rings is 1. The van der Waals surface area contributed by atoms with Gasteiger partial charge in [-0.25, -0.2) is 4.98 Å². The molecule has 1 saturated carbocycles. The van der Waals surface area contributed by atoms with E-state index < -0.39 is 0 Å². The van der Waals surface area contributed by atoms with Crippen LogP contribution in [-0.2, 0) is 6.54 Å². The Hall–Kier alpha value is -0.590. The fourth-order valence-electron chi connectivity index (χ4n) is 2.63. The minimum atomic E-state index is -0.237. The molecule has 22 heavy (non-hydrogen) atoms. The molecule has 2 N–H and O–H groups in total. The second-order valence-electron chi connectivity index (χ2n) is 5.45. The van der Waals surface area contributed by atoms with Crippen molar-refractivity contribution in [2.75, 3.05) is 0 Å². The Bertz CT molecular complexity index is 605. The Morgan fingerprint density at radius 2 is 2.05 bits per heavy atom. The number of aromatic nitrogens is 1. The lowest BCUT2D eigenvalue weighted by molar-refractivity contribution is 0.0904. The molecule has 6 heteroatoms. The van der Waals surface area contributed by atoms with E-state index in [0.29, 0.717) is 11.7 Å². The van der Waals surface area contributed by atoms with Gasteiger partial charge in [0.05, 0.1) is 11.0 Å². The van der Waals surface area contributed by atoms with E-state index in [1.807, 2.05) is 18.2 Å². The molecule has 1 fully saturated rings. The Morgan fingerprint density at radius 1 is 1.27 bits per heavy atom. The van der Waals surface area contributed by atoms with Crippen LogP contribution in [0.5, 0.6) is 0 Å². The van der Waals surface area contributed by atoms with Gasteiger partial charge < -0.3 is 10.4 Å². The molecule has 0 radical (unpaired) electrons. The number of nitrogens with one attached hydrogen (secondary N) is 1. The van der Waals surface area contributed by atoms with E-state index >= 15 is 0 Å². The van der Waals surface area contributed by atoms with Crippen LogP contribution in [0.15, 0.2) is 39.6 Å². The summed E-state index contributed by atoms with van der Waals surface area (Å²) in [6, 6.07) is 10.3. The first-order valence-electron chi connectivity index (χ1n) is 7.52. The summed E-state index contributed by atoms with van der Waals surface area (Å²) in [6.45, 7) is 0.674. The van der Waals surface area contributed by atoms with Gasteiger partial charge in [0, 0.05) is 17.5 Å². The molecule has 0 amide bonds. The minimum Gasteiger partial charge on any atom is -0.392 e. The van der Waals surface area contributed by atoms with Gasteiger partial charge in [-0.1, -0.05) is 54.4 Å². The van der Waals surface area contributed by atoms with Crippen LogP contribution in [0, 0.1) is 0 Å². The van der Waals surface area contributed by atoms with Gasteiger partial charge in [0.25, 0.3) is 0 Å². The van der Waals surface area contributed by atoms with Crippen molar-refractivity contribution in [1.82, 2.24) is 10.3 Å². The first-order valence-corrected chi connectivity index (χ1v) is 9.53. The van der Waals surface area contributed by atoms with Crippen molar-refractivity contribution < 1.29 is 5.11 Å². The monoisotopic (exact) mass is 354 g/mol. The smallest absolute Gasteiger partial charge is 0.156 e. The molecular weight excluding hydrogens is 336 g/mol. The number of hydrogen-bond acceptors (Lipinski definition) is 5. The fraction of sp³-hybridized carbons (Fsp3) is 0.438. The highest BCUT2D eigenvalue weighted by molar-refractivity contribution is 8.01. The molecule has 0 spiro atoms. The lowest BCUT2D eigenvalue weighted by atomic mass is 9.93. The number of rotatable bonds is 5. The van der Waals surface area contributed by atoms with Crippen molar-refractivity contribution >= 4 is 34.7 Å². The SMILES string of the molecule is OC1CCCCC1NCc1sc(Sc2ccccc2)nc1Cl. The Morgan fingerprint density at radius 3 is 2.82 bits per heavy atom. The van der Waals surface area contributed by atoms with Crippen LogP contribution in [0.3, 0.4) is 0 Å². The van der Waals surface area contributed by atoms with E-state index in [4.69, 9.17) is 11.6 Å². The maximum absolute atomic E-state index is 10.0. The normalized spacial score (nSPS) is 21.9. The van der Waals surface area contributed by atoms with Crippen molar-refractivity contribution in [2.24, 2.45) is 0 Å². The Kier molecular flexibility index (Phi) is 5.77. The van der Waals surface area contributed by atoms with Crippen LogP contribution in [0.2, 0.25) is 5.15 Å². The summed E-state index contributed by atoms with van der Waals surface area (Å²) in [7, 11) is 0. The standard InChI is InChI=1S/C16H19ClN2OS2/c17-15-14(10-18-12-8-4-5-9-13(12)20)22-16(19-15)21-11-6-2-1-3-7-11/h1-3,6-7,12-13,18,20H,4-5,8-10H2. The van der Waals surface area contributed by atoms with Gasteiger partial charge >= 0.3 is 0 Å². The molecule has 0 aliphatic heterocycles. The molecule has 1 heterocycles. The summed E-state index contributed by atoms with van der Waals surface area (Å²) in [5, 5.41) is 14.0. The Balaban J connectivity index is 1.60. The highest BCUT2D eigenvalue weighted by Crippen LogP contribution is 2.34. The van der Waals surface area contributed by atoms with Crippen LogP contribution in [0.25, 0.3) is 0 Å². The number of hydrogen-bond donors (Lipinski definition) is 2. The molecule has 118 valence electrons. The number of nitrogens with zero attached hydrogens (tertiary/aromatic N) is 1. The third kappa shape index (κ3) is 4.24. The van der Waals surface area contributed by atoms with Gasteiger partial charge in [0.15, 0.2) is 4.34 Å². The van der Waals surface area contributed by atoms with E-state index in [9.17, 15) is 5.11 Å². The molecule has 0 saturated heterocycles. The molecule has 0 bridgehead atoms. The topological polar surface area (TPSA) is 45.1 Å². The molecule has 1 aromatic carbocycles. The summed E-state index contributed by atoms with van der Waals surface area (Å²) in [5.74, 6) is 0. The largest absolute Gasteiger partial charge is 0.392 e. The van der Waals surface area contributed by atoms with Gasteiger partial charge in [-0.05, 0) is 25.0 Å². The molecule has 3 rings (SSSR count). The highest BCUT2D eigenvalue weighted by atomic mass is 35.5. The zero-order valence-corrected chi connectivity index (χ0v) is 14.6. The minimum absolute atomic E-state index is 0.178. The van der Waals surface area contributed by atoms with Crippen LogP contribution in [0.1, 0.15) is 30.6 Å². The van der Waals surface area contributed by atoms with Crippen LogP contribution in [-0.4, -0.2) is 22.2 Å². The summed E-state index contributed by atoms with van der Waals surface area (Å²) >= 11 is 9.50. The van der Waals surface area contributed by atoms with Crippen molar-refractivity contribution in [2.45, 2.75) is 53.6 Å². The number of aliphatic hydroxyl groups excluding tert-OH is 1. The lowest BCUT2D eigenvalue weighted by Gasteiger charge is -2.28. The summed E-state index contributed by atoms with van der Waals surface area (Å²) in [5.41, 5.74) is 0. The van der Waals surface area contributed by atoms with Crippen LogP contribution < -0.4 is 5.32 Å². The van der Waals surface area contributed by atoms with Crippen molar-refractivity contribution in [3.63, 3.8) is 0 Å². The third-order valence-electron chi connectivity index (χ3n) is 3.83. The highest BCUT2D eigenvalue weighted by Gasteiger charge is 2.23. The summed E-state index contributed by atoms with van der Waals surface area (Å²) < 4.78 is 0.956. The summed E-state index contributed by atoms with van der Waals surface area (Å²) in [6.07, 6.45) is 3.99. The lowest BCUT2D eigenvalue weighted by Crippen LogP contribution is -2.41. The second-order valence-corrected chi connectivity index (χ2v) is 8.21. The van der Waals surface area contributed by atoms with Crippen molar-refractivity contribution in [1.29, 1.82) is 0 Å². The maximum Gasteiger partial charge on any atom is 0.156 e. The third-order valence-corrected chi connectivity index (χ3v) is 6.38. The summed E-state index contributed by atoms with van der Waals surface area (Å²) in [4.78, 5) is 6.63. The molecule has 1 aliphatic carbocycles. The Labute approximate surface area is 144 Å². The van der Waals surface area contributed by atoms with Gasteiger partial charge in [-0.3, -0.25) is 0 Å². The predicted octanol–water partition coefficient (Wildman–Crippen LogP) is 4.34. The van der Waals surface area contributed by atoms with E-state index in [1.165, 1.54) is 6.42 Å². The van der Waals surface area contributed by atoms with Crippen LogP contribution in [0.4, 0.5) is 0 Å². The molecule has 2 atom stereocenters.